The van der Waals surface area contributed by atoms with Crippen LogP contribution in [0, 0.1) is 0 Å². The minimum absolute atomic E-state index is 0.310. The summed E-state index contributed by atoms with van der Waals surface area (Å²) in [5.74, 6) is -0.767. The third-order valence-corrected chi connectivity index (χ3v) is 5.88. The highest BCUT2D eigenvalue weighted by atomic mass is 16.2. The van der Waals surface area contributed by atoms with E-state index >= 15 is 0 Å². The third-order valence-electron chi connectivity index (χ3n) is 5.88. The van der Waals surface area contributed by atoms with Gasteiger partial charge in [0.25, 0.3) is 11.8 Å². The van der Waals surface area contributed by atoms with Gasteiger partial charge in [0.2, 0.25) is 0 Å². The Morgan fingerprint density at radius 1 is 0.524 bits per heavy atom. The number of urea groups is 2. The Labute approximate surface area is 245 Å². The molecule has 6 amide bonds. The molecule has 0 aromatic heterocycles. The number of carbonyl (C=O) groups excluding carboxylic acids is 4. The van der Waals surface area contributed by atoms with Crippen molar-refractivity contribution in [2.24, 2.45) is 0 Å². The molecule has 0 radical (unpaired) electrons. The Kier molecular flexibility index (Phi) is 11.8. The van der Waals surface area contributed by atoms with Gasteiger partial charge < -0.3 is 41.7 Å². The monoisotopic (exact) mass is 574 g/mol. The lowest BCUT2D eigenvalue weighted by Gasteiger charge is -2.12. The van der Waals surface area contributed by atoms with Crippen LogP contribution < -0.4 is 31.9 Å². The Balaban J connectivity index is 1.51. The van der Waals surface area contributed by atoms with E-state index in [0.29, 0.717) is 47.0 Å². The smallest absolute Gasteiger partial charge is 0.319 e. The second-order valence-corrected chi connectivity index (χ2v) is 10.0. The predicted molar refractivity (Wildman–Crippen MR) is 166 cm³/mol. The van der Waals surface area contributed by atoms with Gasteiger partial charge in [-0.25, -0.2) is 9.59 Å². The molecule has 3 aromatic carbocycles. The van der Waals surface area contributed by atoms with E-state index in [1.807, 2.05) is 38.0 Å². The molecule has 0 unspecified atom stereocenters. The van der Waals surface area contributed by atoms with Gasteiger partial charge in [0.05, 0.1) is 0 Å². The van der Waals surface area contributed by atoms with Crippen molar-refractivity contribution < 1.29 is 19.2 Å². The summed E-state index contributed by atoms with van der Waals surface area (Å²) in [4.78, 5) is 53.6. The van der Waals surface area contributed by atoms with Crippen LogP contribution in [0.25, 0.3) is 0 Å². The highest BCUT2D eigenvalue weighted by molar-refractivity contribution is 6.09. The third kappa shape index (κ3) is 10.9. The van der Waals surface area contributed by atoms with Gasteiger partial charge in [-0.05, 0) is 94.9 Å². The van der Waals surface area contributed by atoms with E-state index in [0.717, 1.165) is 13.1 Å². The van der Waals surface area contributed by atoms with Crippen molar-refractivity contribution in [1.29, 1.82) is 0 Å². The molecule has 3 rings (SSSR count). The molecule has 12 heteroatoms. The van der Waals surface area contributed by atoms with Gasteiger partial charge in [-0.3, -0.25) is 9.59 Å². The summed E-state index contributed by atoms with van der Waals surface area (Å²) >= 11 is 0. The van der Waals surface area contributed by atoms with E-state index in [4.69, 9.17) is 0 Å². The number of hydrogen-bond acceptors (Lipinski definition) is 6. The van der Waals surface area contributed by atoms with E-state index in [-0.39, 0.29) is 23.9 Å². The van der Waals surface area contributed by atoms with Crippen LogP contribution in [0.2, 0.25) is 0 Å². The SMILES string of the molecule is CN(C)CCNC(=O)Nc1ccc(NC(=O)c2cccc(C(=O)Nc3ccc(NC(=O)NCCN(C)C)cc3)c2)cc1. The van der Waals surface area contributed by atoms with Crippen LogP contribution in [0.15, 0.2) is 72.8 Å². The molecular formula is C30H38N8O4. The number of nitrogens with zero attached hydrogens (tertiary/aromatic N) is 2. The molecule has 12 nitrogen and oxygen atoms in total. The minimum Gasteiger partial charge on any atom is -0.337 e. The van der Waals surface area contributed by atoms with Gasteiger partial charge in [-0.2, -0.15) is 0 Å². The highest BCUT2D eigenvalue weighted by Crippen LogP contribution is 2.17. The quantitative estimate of drug-likeness (QED) is 0.195. The van der Waals surface area contributed by atoms with Crippen molar-refractivity contribution in [2.75, 3.05) is 75.6 Å². The first kappa shape index (κ1) is 31.6. The van der Waals surface area contributed by atoms with Crippen molar-refractivity contribution in [3.05, 3.63) is 83.9 Å². The number of benzene rings is 3. The standard InChI is InChI=1S/C30H38N8O4/c1-37(2)18-16-31-29(41)35-25-12-8-23(9-13-25)33-27(39)21-6-5-7-22(20-21)28(40)34-24-10-14-26(15-11-24)36-30(42)32-17-19-38(3)4/h5-15,20H,16-19H2,1-4H3,(H,33,39)(H,34,40)(H2,31,35,41)(H2,32,36,42). The number of carbonyl (C=O) groups is 4. The molecular weight excluding hydrogens is 536 g/mol. The van der Waals surface area contributed by atoms with Gasteiger partial charge in [-0.1, -0.05) is 6.07 Å². The Bertz CT molecular complexity index is 1260. The maximum absolute atomic E-state index is 12.8. The number of nitrogens with one attached hydrogen (secondary N) is 6. The number of amides is 6. The summed E-state index contributed by atoms with van der Waals surface area (Å²) < 4.78 is 0. The highest BCUT2D eigenvalue weighted by Gasteiger charge is 2.12. The lowest BCUT2D eigenvalue weighted by molar-refractivity contribution is 0.102. The first-order valence-corrected chi connectivity index (χ1v) is 13.4. The largest absolute Gasteiger partial charge is 0.337 e. The summed E-state index contributed by atoms with van der Waals surface area (Å²) in [6.07, 6.45) is 0. The average molecular weight is 575 g/mol. The fourth-order valence-electron chi connectivity index (χ4n) is 3.62. The van der Waals surface area contributed by atoms with Crippen LogP contribution in [0.5, 0.6) is 0 Å². The van der Waals surface area contributed by atoms with Crippen LogP contribution in [0.4, 0.5) is 32.3 Å². The van der Waals surface area contributed by atoms with Crippen molar-refractivity contribution in [3.63, 3.8) is 0 Å². The molecule has 3 aromatic rings. The molecule has 0 atom stereocenters. The molecule has 0 aliphatic heterocycles. The van der Waals surface area contributed by atoms with Crippen LogP contribution in [0.1, 0.15) is 20.7 Å². The lowest BCUT2D eigenvalue weighted by atomic mass is 10.1. The summed E-state index contributed by atoms with van der Waals surface area (Å²) in [6.45, 7) is 2.49. The molecule has 222 valence electrons. The molecule has 0 aliphatic carbocycles. The van der Waals surface area contributed by atoms with E-state index in [2.05, 4.69) is 31.9 Å². The fraction of sp³-hybridized carbons (Fsp3) is 0.267. The number of likely N-dealkylation sites (N-methyl/N-ethyl adjacent to an activating group) is 2. The molecule has 0 spiro atoms. The van der Waals surface area contributed by atoms with Gasteiger partial charge in [-0.15, -0.1) is 0 Å². The van der Waals surface area contributed by atoms with Gasteiger partial charge in [0, 0.05) is 60.1 Å². The maximum atomic E-state index is 12.8. The second kappa shape index (κ2) is 15.7. The van der Waals surface area contributed by atoms with E-state index in [1.54, 1.807) is 66.7 Å². The predicted octanol–water partition coefficient (Wildman–Crippen LogP) is 3.56. The average Bonchev–Trinajstić information content (AvgIpc) is 2.94. The minimum atomic E-state index is -0.383. The molecule has 0 heterocycles. The molecule has 0 saturated heterocycles. The Morgan fingerprint density at radius 2 is 0.857 bits per heavy atom. The van der Waals surface area contributed by atoms with Gasteiger partial charge >= 0.3 is 12.1 Å². The normalized spacial score (nSPS) is 10.6. The molecule has 0 aliphatic rings. The van der Waals surface area contributed by atoms with Crippen molar-refractivity contribution in [2.45, 2.75) is 0 Å². The summed E-state index contributed by atoms with van der Waals surface area (Å²) in [5.41, 5.74) is 2.86. The lowest BCUT2D eigenvalue weighted by Crippen LogP contribution is -2.34. The summed E-state index contributed by atoms with van der Waals surface area (Å²) in [5, 5.41) is 16.6. The van der Waals surface area contributed by atoms with Crippen LogP contribution >= 0.6 is 0 Å². The van der Waals surface area contributed by atoms with Crippen molar-refractivity contribution >= 4 is 46.6 Å². The van der Waals surface area contributed by atoms with Crippen LogP contribution in [-0.4, -0.2) is 88.0 Å². The van der Waals surface area contributed by atoms with Crippen LogP contribution in [0.3, 0.4) is 0 Å². The first-order chi connectivity index (χ1) is 20.1. The van der Waals surface area contributed by atoms with E-state index in [9.17, 15) is 19.2 Å². The number of rotatable bonds is 12. The zero-order valence-corrected chi connectivity index (χ0v) is 24.3. The molecule has 0 saturated carbocycles. The van der Waals surface area contributed by atoms with Gasteiger partial charge in [0.1, 0.15) is 0 Å². The van der Waals surface area contributed by atoms with Gasteiger partial charge in [0.15, 0.2) is 0 Å². The maximum Gasteiger partial charge on any atom is 0.319 e. The number of anilines is 4. The summed E-state index contributed by atoms with van der Waals surface area (Å²) in [6, 6.07) is 19.2. The van der Waals surface area contributed by atoms with Crippen molar-refractivity contribution in [1.82, 2.24) is 20.4 Å². The zero-order chi connectivity index (χ0) is 30.5. The number of hydrogen-bond donors (Lipinski definition) is 6. The Morgan fingerprint density at radius 3 is 1.19 bits per heavy atom. The second-order valence-electron chi connectivity index (χ2n) is 10.0. The van der Waals surface area contributed by atoms with Crippen LogP contribution in [-0.2, 0) is 0 Å². The van der Waals surface area contributed by atoms with E-state index in [1.165, 1.54) is 6.07 Å². The zero-order valence-electron chi connectivity index (χ0n) is 24.3. The molecule has 6 N–H and O–H groups in total. The summed E-state index contributed by atoms with van der Waals surface area (Å²) in [7, 11) is 7.70. The van der Waals surface area contributed by atoms with E-state index < -0.39 is 0 Å². The van der Waals surface area contributed by atoms with Crippen molar-refractivity contribution in [3.8, 4) is 0 Å². The molecule has 0 fully saturated rings. The first-order valence-electron chi connectivity index (χ1n) is 13.4. The fourth-order valence-corrected chi connectivity index (χ4v) is 3.62. The Hall–Kier alpha value is -4.94. The topological polar surface area (TPSA) is 147 Å². The molecule has 42 heavy (non-hydrogen) atoms. The molecule has 0 bridgehead atoms.